The molecule has 0 radical (unpaired) electrons. The Morgan fingerprint density at radius 1 is 0.917 bits per heavy atom. The first-order valence-corrected chi connectivity index (χ1v) is 13.6. The molecule has 0 bridgehead atoms. The first-order valence-electron chi connectivity index (χ1n) is 12.2. The summed E-state index contributed by atoms with van der Waals surface area (Å²) in [4.78, 5) is 15.4. The highest BCUT2D eigenvalue weighted by Crippen LogP contribution is 2.26. The number of methoxy groups -OCH3 is 1. The number of hydrogen-bond donors (Lipinski definition) is 1. The minimum atomic E-state index is -3.96. The lowest BCUT2D eigenvalue weighted by Gasteiger charge is -2.28. The lowest BCUT2D eigenvalue weighted by atomic mass is 10.1. The number of rotatable bonds is 9. The standard InChI is InChI=1S/C28H33N3O4S/c1-22-6-16-27(17-7-22)36(33,34)31(25-12-14-26(35-2)15-13-25)21-28(32)29-20-23-8-10-24(11-9-23)30-18-4-3-5-19-30/h6-17H,3-5,18-21H2,1-2H3,(H,29,32). The first kappa shape index (κ1) is 25.6. The number of carbonyl (C=O) groups is 1. The Morgan fingerprint density at radius 2 is 1.56 bits per heavy atom. The summed E-state index contributed by atoms with van der Waals surface area (Å²) in [6.07, 6.45) is 3.72. The maximum absolute atomic E-state index is 13.5. The van der Waals surface area contributed by atoms with Gasteiger partial charge in [0.25, 0.3) is 10.0 Å². The maximum atomic E-state index is 13.5. The van der Waals surface area contributed by atoms with E-state index < -0.39 is 10.0 Å². The van der Waals surface area contributed by atoms with Crippen molar-refractivity contribution in [3.8, 4) is 5.75 Å². The molecule has 0 aliphatic carbocycles. The molecule has 1 aliphatic heterocycles. The lowest BCUT2D eigenvalue weighted by molar-refractivity contribution is -0.119. The molecular formula is C28H33N3O4S. The molecule has 36 heavy (non-hydrogen) atoms. The Bertz CT molecular complexity index is 1250. The summed E-state index contributed by atoms with van der Waals surface area (Å²) in [6.45, 7) is 4.03. The Kier molecular flexibility index (Phi) is 8.15. The molecule has 1 fully saturated rings. The topological polar surface area (TPSA) is 79.0 Å². The fourth-order valence-corrected chi connectivity index (χ4v) is 5.69. The maximum Gasteiger partial charge on any atom is 0.264 e. The van der Waals surface area contributed by atoms with Gasteiger partial charge in [0, 0.05) is 25.3 Å². The molecule has 1 N–H and O–H groups in total. The third-order valence-corrected chi connectivity index (χ3v) is 8.19. The zero-order chi connectivity index (χ0) is 25.5. The van der Waals surface area contributed by atoms with Crippen LogP contribution in [0.4, 0.5) is 11.4 Å². The van der Waals surface area contributed by atoms with Crippen LogP contribution in [0.25, 0.3) is 0 Å². The Balaban J connectivity index is 1.47. The van der Waals surface area contributed by atoms with Crippen molar-refractivity contribution in [3.05, 3.63) is 83.9 Å². The summed E-state index contributed by atoms with van der Waals surface area (Å²) in [6, 6.07) is 21.4. The van der Waals surface area contributed by atoms with Crippen LogP contribution in [0.2, 0.25) is 0 Å². The lowest BCUT2D eigenvalue weighted by Crippen LogP contribution is -2.40. The van der Waals surface area contributed by atoms with Gasteiger partial charge in [-0.1, -0.05) is 29.8 Å². The number of aryl methyl sites for hydroxylation is 1. The van der Waals surface area contributed by atoms with Crippen molar-refractivity contribution in [1.82, 2.24) is 5.32 Å². The number of amides is 1. The van der Waals surface area contributed by atoms with Crippen molar-refractivity contribution in [2.75, 3.05) is 35.9 Å². The van der Waals surface area contributed by atoms with Gasteiger partial charge < -0.3 is 15.0 Å². The number of nitrogens with zero attached hydrogens (tertiary/aromatic N) is 2. The van der Waals surface area contributed by atoms with Crippen molar-refractivity contribution in [2.45, 2.75) is 37.6 Å². The van der Waals surface area contributed by atoms with Crippen LogP contribution >= 0.6 is 0 Å². The highest BCUT2D eigenvalue weighted by molar-refractivity contribution is 7.92. The average molecular weight is 508 g/mol. The normalized spacial score (nSPS) is 13.8. The molecule has 7 nitrogen and oxygen atoms in total. The predicted molar refractivity (Wildman–Crippen MR) is 143 cm³/mol. The van der Waals surface area contributed by atoms with Crippen molar-refractivity contribution < 1.29 is 17.9 Å². The molecular weight excluding hydrogens is 474 g/mol. The fourth-order valence-electron chi connectivity index (χ4n) is 4.26. The molecule has 3 aromatic rings. The van der Waals surface area contributed by atoms with Crippen LogP contribution in [0.3, 0.4) is 0 Å². The molecule has 4 rings (SSSR count). The van der Waals surface area contributed by atoms with Gasteiger partial charge in [-0.05, 0) is 80.3 Å². The SMILES string of the molecule is COc1ccc(N(CC(=O)NCc2ccc(N3CCCCC3)cc2)S(=O)(=O)c2ccc(C)cc2)cc1. The van der Waals surface area contributed by atoms with E-state index in [0.717, 1.165) is 28.5 Å². The van der Waals surface area contributed by atoms with Crippen LogP contribution in [-0.4, -0.2) is 41.1 Å². The summed E-state index contributed by atoms with van der Waals surface area (Å²) in [5, 5.41) is 2.87. The second kappa shape index (κ2) is 11.5. The molecule has 1 amide bonds. The van der Waals surface area contributed by atoms with Gasteiger partial charge in [-0.25, -0.2) is 8.42 Å². The van der Waals surface area contributed by atoms with Crippen molar-refractivity contribution in [3.63, 3.8) is 0 Å². The molecule has 0 saturated carbocycles. The number of benzene rings is 3. The molecule has 1 aliphatic rings. The van der Waals surface area contributed by atoms with E-state index in [0.29, 0.717) is 18.0 Å². The van der Waals surface area contributed by atoms with Crippen LogP contribution < -0.4 is 19.3 Å². The number of anilines is 2. The van der Waals surface area contributed by atoms with Crippen LogP contribution in [0.5, 0.6) is 5.75 Å². The van der Waals surface area contributed by atoms with E-state index >= 15 is 0 Å². The molecule has 8 heteroatoms. The number of carbonyl (C=O) groups excluding carboxylic acids is 1. The molecule has 0 unspecified atom stereocenters. The summed E-state index contributed by atoms with van der Waals surface area (Å²) in [5.74, 6) is 0.213. The number of hydrogen-bond acceptors (Lipinski definition) is 5. The first-order chi connectivity index (χ1) is 17.4. The summed E-state index contributed by atoms with van der Waals surface area (Å²) < 4.78 is 33.3. The average Bonchev–Trinajstić information content (AvgIpc) is 2.91. The number of nitrogens with one attached hydrogen (secondary N) is 1. The molecule has 1 saturated heterocycles. The summed E-state index contributed by atoms with van der Waals surface area (Å²) >= 11 is 0. The molecule has 0 spiro atoms. The monoisotopic (exact) mass is 507 g/mol. The van der Waals surface area contributed by atoms with Crippen molar-refractivity contribution >= 4 is 27.3 Å². The molecule has 1 heterocycles. The largest absolute Gasteiger partial charge is 0.497 e. The highest BCUT2D eigenvalue weighted by atomic mass is 32.2. The smallest absolute Gasteiger partial charge is 0.264 e. The van der Waals surface area contributed by atoms with Crippen LogP contribution in [0, 0.1) is 6.92 Å². The third-order valence-electron chi connectivity index (χ3n) is 6.40. The number of ether oxygens (including phenoxy) is 1. The third kappa shape index (κ3) is 6.18. The zero-order valence-corrected chi connectivity index (χ0v) is 21.6. The van der Waals surface area contributed by atoms with Gasteiger partial charge in [-0.2, -0.15) is 0 Å². The Hall–Kier alpha value is -3.52. The Labute approximate surface area is 213 Å². The predicted octanol–water partition coefficient (Wildman–Crippen LogP) is 4.51. The van der Waals surface area contributed by atoms with E-state index in [1.54, 1.807) is 55.6 Å². The van der Waals surface area contributed by atoms with E-state index in [2.05, 4.69) is 22.3 Å². The summed E-state index contributed by atoms with van der Waals surface area (Å²) in [7, 11) is -2.42. The molecule has 3 aromatic carbocycles. The van der Waals surface area contributed by atoms with Gasteiger partial charge in [-0.15, -0.1) is 0 Å². The highest BCUT2D eigenvalue weighted by Gasteiger charge is 2.27. The second-order valence-corrected chi connectivity index (χ2v) is 10.9. The van der Waals surface area contributed by atoms with Gasteiger partial charge in [-0.3, -0.25) is 9.10 Å². The summed E-state index contributed by atoms with van der Waals surface area (Å²) in [5.41, 5.74) is 3.49. The zero-order valence-electron chi connectivity index (χ0n) is 20.8. The number of sulfonamides is 1. The van der Waals surface area contributed by atoms with Gasteiger partial charge in [0.1, 0.15) is 12.3 Å². The quantitative estimate of drug-likeness (QED) is 0.461. The number of piperidine rings is 1. The van der Waals surface area contributed by atoms with Gasteiger partial charge in [0.15, 0.2) is 0 Å². The van der Waals surface area contributed by atoms with E-state index in [1.807, 2.05) is 19.1 Å². The molecule has 190 valence electrons. The Morgan fingerprint density at radius 3 is 2.17 bits per heavy atom. The molecule has 0 atom stereocenters. The van der Waals surface area contributed by atoms with E-state index in [4.69, 9.17) is 4.74 Å². The van der Waals surface area contributed by atoms with Gasteiger partial charge >= 0.3 is 0 Å². The van der Waals surface area contributed by atoms with Crippen molar-refractivity contribution in [2.24, 2.45) is 0 Å². The van der Waals surface area contributed by atoms with E-state index in [9.17, 15) is 13.2 Å². The van der Waals surface area contributed by atoms with E-state index in [1.165, 1.54) is 24.9 Å². The van der Waals surface area contributed by atoms with Gasteiger partial charge in [0.2, 0.25) is 5.91 Å². The molecule has 0 aromatic heterocycles. The minimum absolute atomic E-state index is 0.130. The van der Waals surface area contributed by atoms with E-state index in [-0.39, 0.29) is 17.3 Å². The fraction of sp³-hybridized carbons (Fsp3) is 0.321. The minimum Gasteiger partial charge on any atom is -0.497 e. The second-order valence-electron chi connectivity index (χ2n) is 9.01. The van der Waals surface area contributed by atoms with Crippen LogP contribution in [0.15, 0.2) is 77.7 Å². The van der Waals surface area contributed by atoms with Gasteiger partial charge in [0.05, 0.1) is 17.7 Å². The van der Waals surface area contributed by atoms with Crippen LogP contribution in [0.1, 0.15) is 30.4 Å². The van der Waals surface area contributed by atoms with Crippen molar-refractivity contribution in [1.29, 1.82) is 0 Å². The van der Waals surface area contributed by atoms with Crippen LogP contribution in [-0.2, 0) is 21.4 Å².